The summed E-state index contributed by atoms with van der Waals surface area (Å²) >= 11 is 1.48. The third-order valence-corrected chi connectivity index (χ3v) is 8.00. The van der Waals surface area contributed by atoms with Crippen LogP contribution in [0.25, 0.3) is 11.3 Å². The highest BCUT2D eigenvalue weighted by Gasteiger charge is 2.28. The molecule has 0 amide bonds. The van der Waals surface area contributed by atoms with Gasteiger partial charge in [-0.3, -0.25) is 4.79 Å². The number of unbranched alkanes of at least 4 members (excludes halogenated alkanes) is 1. The lowest BCUT2D eigenvalue weighted by Gasteiger charge is -2.29. The van der Waals surface area contributed by atoms with Crippen molar-refractivity contribution in [1.82, 2.24) is 9.29 Å². The van der Waals surface area contributed by atoms with Crippen molar-refractivity contribution in [3.8, 4) is 11.3 Å². The lowest BCUT2D eigenvalue weighted by Crippen LogP contribution is -2.37. The van der Waals surface area contributed by atoms with Gasteiger partial charge in [0.05, 0.1) is 17.0 Å². The maximum atomic E-state index is 12.8. The quantitative estimate of drug-likeness (QED) is 0.629. The van der Waals surface area contributed by atoms with Crippen LogP contribution in [0.1, 0.15) is 51.0 Å². The number of Topliss-reactive ketones (excluding diaryl/α,β-unsaturated/α-hetero) is 1. The molecular weight excluding hydrogens is 392 g/mol. The van der Waals surface area contributed by atoms with Crippen LogP contribution in [0, 0.1) is 5.92 Å². The smallest absolute Gasteiger partial charge is 0.243 e. The van der Waals surface area contributed by atoms with E-state index in [-0.39, 0.29) is 5.78 Å². The molecule has 0 bridgehead atoms. The van der Waals surface area contributed by atoms with Crippen LogP contribution >= 0.6 is 11.3 Å². The van der Waals surface area contributed by atoms with E-state index < -0.39 is 10.0 Å². The predicted molar refractivity (Wildman–Crippen MR) is 113 cm³/mol. The van der Waals surface area contributed by atoms with Gasteiger partial charge in [0.2, 0.25) is 10.0 Å². The van der Waals surface area contributed by atoms with Crippen LogP contribution in [0.4, 0.5) is 0 Å². The molecule has 2 heterocycles. The molecule has 1 aliphatic heterocycles. The Labute approximate surface area is 171 Å². The van der Waals surface area contributed by atoms with Gasteiger partial charge in [-0.2, -0.15) is 4.31 Å². The molecule has 0 unspecified atom stereocenters. The minimum absolute atomic E-state index is 0.222. The van der Waals surface area contributed by atoms with Crippen molar-refractivity contribution in [1.29, 1.82) is 0 Å². The molecule has 152 valence electrons. The lowest BCUT2D eigenvalue weighted by molar-refractivity contribution is -0.118. The number of aromatic nitrogens is 1. The van der Waals surface area contributed by atoms with E-state index in [9.17, 15) is 13.2 Å². The van der Waals surface area contributed by atoms with E-state index in [1.807, 2.05) is 5.38 Å². The Morgan fingerprint density at radius 3 is 2.54 bits per heavy atom. The lowest BCUT2D eigenvalue weighted by atomic mass is 10.0. The van der Waals surface area contributed by atoms with Crippen molar-refractivity contribution < 1.29 is 13.2 Å². The third kappa shape index (κ3) is 5.07. The summed E-state index contributed by atoms with van der Waals surface area (Å²) in [6.07, 6.45) is 4.74. The molecule has 1 aromatic carbocycles. The van der Waals surface area contributed by atoms with Crippen molar-refractivity contribution in [2.75, 3.05) is 13.1 Å². The maximum Gasteiger partial charge on any atom is 0.243 e. The van der Waals surface area contributed by atoms with E-state index in [1.165, 1.54) is 11.3 Å². The summed E-state index contributed by atoms with van der Waals surface area (Å²) in [6.45, 7) is 5.42. The van der Waals surface area contributed by atoms with E-state index >= 15 is 0 Å². The summed E-state index contributed by atoms with van der Waals surface area (Å²) in [5.74, 6) is 0.807. The van der Waals surface area contributed by atoms with E-state index in [0.29, 0.717) is 36.7 Å². The Bertz CT molecular complexity index is 896. The van der Waals surface area contributed by atoms with Gasteiger partial charge < -0.3 is 0 Å². The van der Waals surface area contributed by atoms with Crippen molar-refractivity contribution >= 4 is 27.1 Å². The summed E-state index contributed by atoms with van der Waals surface area (Å²) in [4.78, 5) is 16.8. The second kappa shape index (κ2) is 9.29. The fraction of sp³-hybridized carbons (Fsp3) is 0.524. The van der Waals surface area contributed by atoms with Crippen LogP contribution in [0.3, 0.4) is 0 Å². The average molecular weight is 421 g/mol. The molecule has 1 aromatic heterocycles. The number of piperidine rings is 1. The molecule has 1 fully saturated rings. The van der Waals surface area contributed by atoms with E-state index in [4.69, 9.17) is 0 Å². The number of hydrogen-bond acceptors (Lipinski definition) is 5. The van der Waals surface area contributed by atoms with Crippen LogP contribution in [-0.2, 0) is 21.2 Å². The number of carbonyl (C=O) groups is 1. The van der Waals surface area contributed by atoms with Gasteiger partial charge in [0.15, 0.2) is 0 Å². The van der Waals surface area contributed by atoms with Crippen LogP contribution in [0.2, 0.25) is 0 Å². The molecule has 1 aliphatic rings. The number of sulfonamides is 1. The van der Waals surface area contributed by atoms with Crippen molar-refractivity contribution in [2.24, 2.45) is 5.92 Å². The molecule has 7 heteroatoms. The van der Waals surface area contributed by atoms with Crippen LogP contribution in [0.15, 0.2) is 34.5 Å². The van der Waals surface area contributed by atoms with Gasteiger partial charge in [-0.1, -0.05) is 32.4 Å². The Balaban J connectivity index is 1.68. The molecule has 3 rings (SSSR count). The van der Waals surface area contributed by atoms with Gasteiger partial charge in [-0.05, 0) is 37.3 Å². The molecule has 0 spiro atoms. The average Bonchev–Trinajstić information content (AvgIpc) is 3.15. The Morgan fingerprint density at radius 1 is 1.21 bits per heavy atom. The Morgan fingerprint density at radius 2 is 1.89 bits per heavy atom. The zero-order valence-electron chi connectivity index (χ0n) is 16.6. The second-order valence-electron chi connectivity index (χ2n) is 7.56. The first kappa shape index (κ1) is 21.1. The zero-order valence-corrected chi connectivity index (χ0v) is 18.2. The number of thiazole rings is 1. The largest absolute Gasteiger partial charge is 0.299 e. The minimum Gasteiger partial charge on any atom is -0.299 e. The fourth-order valence-electron chi connectivity index (χ4n) is 3.33. The standard InChI is InChI=1S/C21H28N2O3S2/c1-3-4-5-18(24)14-21-22-20(15-27-21)17-6-8-19(9-7-17)28(25,26)23-12-10-16(2)11-13-23/h6-9,15-16H,3-5,10-14H2,1-2H3. The van der Waals surface area contributed by atoms with Crippen LogP contribution < -0.4 is 0 Å². The highest BCUT2D eigenvalue weighted by Crippen LogP contribution is 2.27. The summed E-state index contributed by atoms with van der Waals surface area (Å²) in [7, 11) is -3.43. The molecule has 2 aromatic rings. The maximum absolute atomic E-state index is 12.8. The highest BCUT2D eigenvalue weighted by molar-refractivity contribution is 7.89. The van der Waals surface area contributed by atoms with Gasteiger partial charge in [0.1, 0.15) is 10.8 Å². The molecule has 1 saturated heterocycles. The summed E-state index contributed by atoms with van der Waals surface area (Å²) in [5.41, 5.74) is 1.66. The van der Waals surface area contributed by atoms with E-state index in [0.717, 1.165) is 41.9 Å². The number of benzene rings is 1. The van der Waals surface area contributed by atoms with E-state index in [1.54, 1.807) is 28.6 Å². The van der Waals surface area contributed by atoms with E-state index in [2.05, 4.69) is 18.8 Å². The second-order valence-corrected chi connectivity index (χ2v) is 10.4. The zero-order chi connectivity index (χ0) is 20.1. The number of carbonyl (C=O) groups excluding carboxylic acids is 1. The Kier molecular flexibility index (Phi) is 7.01. The van der Waals surface area contributed by atoms with Gasteiger partial charge in [0.25, 0.3) is 0 Å². The molecule has 0 atom stereocenters. The van der Waals surface area contributed by atoms with Crippen molar-refractivity contribution in [3.63, 3.8) is 0 Å². The topological polar surface area (TPSA) is 67.3 Å². The number of ketones is 1. The monoisotopic (exact) mass is 420 g/mol. The van der Waals surface area contributed by atoms with Gasteiger partial charge in [0, 0.05) is 30.5 Å². The normalized spacial score (nSPS) is 16.4. The molecule has 0 N–H and O–H groups in total. The third-order valence-electron chi connectivity index (χ3n) is 5.24. The van der Waals surface area contributed by atoms with Crippen molar-refractivity contribution in [2.45, 2.75) is 57.3 Å². The number of hydrogen-bond donors (Lipinski definition) is 0. The first-order valence-electron chi connectivity index (χ1n) is 9.97. The van der Waals surface area contributed by atoms with Gasteiger partial charge in [-0.15, -0.1) is 11.3 Å². The number of rotatable bonds is 8. The molecule has 0 aliphatic carbocycles. The first-order chi connectivity index (χ1) is 13.4. The number of nitrogens with zero attached hydrogens (tertiary/aromatic N) is 2. The Hall–Kier alpha value is -1.57. The van der Waals surface area contributed by atoms with Crippen molar-refractivity contribution in [3.05, 3.63) is 34.7 Å². The summed E-state index contributed by atoms with van der Waals surface area (Å²) in [5, 5.41) is 2.74. The molecule has 0 radical (unpaired) electrons. The molecule has 5 nitrogen and oxygen atoms in total. The molecule has 0 saturated carbocycles. The van der Waals surface area contributed by atoms with Gasteiger partial charge in [-0.25, -0.2) is 13.4 Å². The van der Waals surface area contributed by atoms with Gasteiger partial charge >= 0.3 is 0 Å². The van der Waals surface area contributed by atoms with Crippen LogP contribution in [0.5, 0.6) is 0 Å². The van der Waals surface area contributed by atoms with Crippen LogP contribution in [-0.4, -0.2) is 36.6 Å². The molecule has 28 heavy (non-hydrogen) atoms. The fourth-order valence-corrected chi connectivity index (χ4v) is 5.63. The summed E-state index contributed by atoms with van der Waals surface area (Å²) < 4.78 is 27.2. The summed E-state index contributed by atoms with van der Waals surface area (Å²) in [6, 6.07) is 6.93. The minimum atomic E-state index is -3.43. The highest BCUT2D eigenvalue weighted by atomic mass is 32.2. The first-order valence-corrected chi connectivity index (χ1v) is 12.3. The molecular formula is C21H28N2O3S2. The SMILES string of the molecule is CCCCC(=O)Cc1nc(-c2ccc(S(=O)(=O)N3CCC(C)CC3)cc2)cs1. The predicted octanol–water partition coefficient (Wildman–Crippen LogP) is 4.53.